The van der Waals surface area contributed by atoms with Crippen LogP contribution >= 0.6 is 11.6 Å². The average molecular weight is 291 g/mol. The first kappa shape index (κ1) is 13.0. The number of carbonyl (C=O) groups is 1. The third kappa shape index (κ3) is 2.36. The molecule has 2 aromatic rings. The number of hydrogen-bond acceptors (Lipinski definition) is 3. The maximum atomic E-state index is 11.4. The van der Waals surface area contributed by atoms with Crippen LogP contribution in [0.1, 0.15) is 18.2 Å². The normalized spacial score (nSPS) is 13.2. The number of benzene rings is 1. The van der Waals surface area contributed by atoms with Crippen LogP contribution in [0.15, 0.2) is 24.4 Å². The molecule has 1 aliphatic rings. The van der Waals surface area contributed by atoms with Crippen molar-refractivity contribution in [2.24, 2.45) is 0 Å². The molecule has 0 aliphatic carbocycles. The molecule has 20 heavy (non-hydrogen) atoms. The van der Waals surface area contributed by atoms with Gasteiger partial charge in [-0.2, -0.15) is 5.10 Å². The van der Waals surface area contributed by atoms with Gasteiger partial charge in [0.2, 0.25) is 5.91 Å². The standard InChI is InChI=1S/C14H15ClN4O/c1-2-19-10(3-4-17-19)8-16-13-5-9-6-14(20)18-12(9)7-11(13)15/h3-5,7,16H,2,6,8H2,1H3,(H,18,20). The van der Waals surface area contributed by atoms with Crippen LogP contribution in [0.3, 0.4) is 0 Å². The zero-order valence-corrected chi connectivity index (χ0v) is 11.9. The van der Waals surface area contributed by atoms with E-state index in [0.29, 0.717) is 18.0 Å². The molecule has 5 nitrogen and oxygen atoms in total. The smallest absolute Gasteiger partial charge is 0.228 e. The Labute approximate surface area is 121 Å². The minimum absolute atomic E-state index is 0.0114. The minimum Gasteiger partial charge on any atom is -0.378 e. The lowest BCUT2D eigenvalue weighted by Crippen LogP contribution is -2.08. The van der Waals surface area contributed by atoms with Gasteiger partial charge in [-0.05, 0) is 30.7 Å². The van der Waals surface area contributed by atoms with Crippen LogP contribution in [-0.2, 0) is 24.3 Å². The van der Waals surface area contributed by atoms with Gasteiger partial charge in [0, 0.05) is 18.4 Å². The molecule has 2 heterocycles. The molecular weight excluding hydrogens is 276 g/mol. The average Bonchev–Trinajstić information content (AvgIpc) is 3.00. The Morgan fingerprint density at radius 2 is 2.35 bits per heavy atom. The first-order valence-corrected chi connectivity index (χ1v) is 6.92. The number of amides is 1. The van der Waals surface area contributed by atoms with E-state index in [2.05, 4.69) is 22.7 Å². The topological polar surface area (TPSA) is 59.0 Å². The number of fused-ring (bicyclic) bond motifs is 1. The van der Waals surface area contributed by atoms with Crippen LogP contribution in [-0.4, -0.2) is 15.7 Å². The number of nitrogens with one attached hydrogen (secondary N) is 2. The summed E-state index contributed by atoms with van der Waals surface area (Å²) in [6, 6.07) is 5.70. The quantitative estimate of drug-likeness (QED) is 0.910. The fourth-order valence-electron chi connectivity index (χ4n) is 2.36. The second-order valence-corrected chi connectivity index (χ2v) is 5.11. The Hall–Kier alpha value is -2.01. The molecule has 0 fully saturated rings. The van der Waals surface area contributed by atoms with Crippen molar-refractivity contribution in [1.82, 2.24) is 9.78 Å². The summed E-state index contributed by atoms with van der Waals surface area (Å²) in [4.78, 5) is 11.4. The van der Waals surface area contributed by atoms with Crippen LogP contribution in [0.25, 0.3) is 0 Å². The second kappa shape index (κ2) is 5.17. The Balaban J connectivity index is 1.78. The zero-order valence-electron chi connectivity index (χ0n) is 11.1. The van der Waals surface area contributed by atoms with Crippen molar-refractivity contribution in [2.75, 3.05) is 10.6 Å². The van der Waals surface area contributed by atoms with E-state index in [1.807, 2.05) is 16.8 Å². The number of hydrogen-bond donors (Lipinski definition) is 2. The molecule has 104 valence electrons. The summed E-state index contributed by atoms with van der Waals surface area (Å²) in [5.74, 6) is 0.0114. The first-order chi connectivity index (χ1) is 9.67. The predicted octanol–water partition coefficient (Wildman–Crippen LogP) is 2.66. The number of carbonyl (C=O) groups excluding carboxylic acids is 1. The molecule has 0 radical (unpaired) electrons. The summed E-state index contributed by atoms with van der Waals surface area (Å²) in [6.45, 7) is 3.53. The van der Waals surface area contributed by atoms with Crippen molar-refractivity contribution in [3.63, 3.8) is 0 Å². The van der Waals surface area contributed by atoms with E-state index >= 15 is 0 Å². The Morgan fingerprint density at radius 3 is 3.15 bits per heavy atom. The summed E-state index contributed by atoms with van der Waals surface area (Å²) in [7, 11) is 0. The van der Waals surface area contributed by atoms with E-state index < -0.39 is 0 Å². The SMILES string of the molecule is CCn1nccc1CNc1cc2c(cc1Cl)NC(=O)C2. The van der Waals surface area contributed by atoms with Gasteiger partial charge in [-0.1, -0.05) is 11.6 Å². The molecule has 0 bridgehead atoms. The second-order valence-electron chi connectivity index (χ2n) is 4.71. The number of aromatic nitrogens is 2. The van der Waals surface area contributed by atoms with Gasteiger partial charge >= 0.3 is 0 Å². The summed E-state index contributed by atoms with van der Waals surface area (Å²) >= 11 is 6.23. The van der Waals surface area contributed by atoms with Gasteiger partial charge in [0.1, 0.15) is 0 Å². The predicted molar refractivity (Wildman–Crippen MR) is 79.0 cm³/mol. The van der Waals surface area contributed by atoms with E-state index in [1.165, 1.54) is 0 Å². The molecule has 2 N–H and O–H groups in total. The molecule has 0 saturated carbocycles. The first-order valence-electron chi connectivity index (χ1n) is 6.54. The lowest BCUT2D eigenvalue weighted by molar-refractivity contribution is -0.115. The highest BCUT2D eigenvalue weighted by Crippen LogP contribution is 2.33. The molecule has 0 saturated heterocycles. The number of aryl methyl sites for hydroxylation is 1. The van der Waals surface area contributed by atoms with Gasteiger partial charge in [-0.3, -0.25) is 9.48 Å². The number of nitrogens with zero attached hydrogens (tertiary/aromatic N) is 2. The lowest BCUT2D eigenvalue weighted by Gasteiger charge is -2.11. The Kier molecular flexibility index (Phi) is 3.36. The van der Waals surface area contributed by atoms with Crippen molar-refractivity contribution >= 4 is 28.9 Å². The monoisotopic (exact) mass is 290 g/mol. The van der Waals surface area contributed by atoms with E-state index in [1.54, 1.807) is 12.3 Å². The lowest BCUT2D eigenvalue weighted by atomic mass is 10.1. The van der Waals surface area contributed by atoms with E-state index in [4.69, 9.17) is 11.6 Å². The van der Waals surface area contributed by atoms with Crippen LogP contribution in [0.2, 0.25) is 5.02 Å². The fraction of sp³-hybridized carbons (Fsp3) is 0.286. The molecule has 1 aliphatic heterocycles. The molecular formula is C14H15ClN4O. The molecule has 1 amide bonds. The molecule has 3 rings (SSSR count). The van der Waals surface area contributed by atoms with Gasteiger partial charge < -0.3 is 10.6 Å². The summed E-state index contributed by atoms with van der Waals surface area (Å²) in [5, 5.41) is 10.9. The van der Waals surface area contributed by atoms with Crippen molar-refractivity contribution in [2.45, 2.75) is 26.4 Å². The molecule has 6 heteroatoms. The summed E-state index contributed by atoms with van der Waals surface area (Å²) in [5.41, 5.74) is 3.72. The maximum absolute atomic E-state index is 11.4. The van der Waals surface area contributed by atoms with Crippen molar-refractivity contribution < 1.29 is 4.79 Å². The molecule has 0 atom stereocenters. The minimum atomic E-state index is 0.0114. The highest BCUT2D eigenvalue weighted by Gasteiger charge is 2.19. The van der Waals surface area contributed by atoms with Crippen LogP contribution in [0.4, 0.5) is 11.4 Å². The molecule has 1 aromatic carbocycles. The third-order valence-corrected chi connectivity index (χ3v) is 3.69. The Morgan fingerprint density at radius 1 is 1.50 bits per heavy atom. The molecule has 1 aromatic heterocycles. The zero-order chi connectivity index (χ0) is 14.1. The Bertz CT molecular complexity index is 665. The van der Waals surface area contributed by atoms with Gasteiger partial charge in [0.05, 0.1) is 29.4 Å². The number of halogens is 1. The van der Waals surface area contributed by atoms with Gasteiger partial charge in [0.15, 0.2) is 0 Å². The van der Waals surface area contributed by atoms with E-state index in [9.17, 15) is 4.79 Å². The summed E-state index contributed by atoms with van der Waals surface area (Å²) < 4.78 is 1.93. The fourth-order valence-corrected chi connectivity index (χ4v) is 2.59. The molecule has 0 unspecified atom stereocenters. The van der Waals surface area contributed by atoms with Crippen LogP contribution < -0.4 is 10.6 Å². The highest BCUT2D eigenvalue weighted by molar-refractivity contribution is 6.33. The van der Waals surface area contributed by atoms with Crippen LogP contribution in [0, 0.1) is 0 Å². The van der Waals surface area contributed by atoms with Crippen molar-refractivity contribution in [1.29, 1.82) is 0 Å². The summed E-state index contributed by atoms with van der Waals surface area (Å²) in [6.07, 6.45) is 2.20. The third-order valence-electron chi connectivity index (χ3n) is 3.38. The molecule has 0 spiro atoms. The van der Waals surface area contributed by atoms with Crippen molar-refractivity contribution in [3.8, 4) is 0 Å². The van der Waals surface area contributed by atoms with Gasteiger partial charge in [-0.15, -0.1) is 0 Å². The maximum Gasteiger partial charge on any atom is 0.228 e. The van der Waals surface area contributed by atoms with E-state index in [-0.39, 0.29) is 5.91 Å². The highest BCUT2D eigenvalue weighted by atomic mass is 35.5. The van der Waals surface area contributed by atoms with Gasteiger partial charge in [0.25, 0.3) is 0 Å². The van der Waals surface area contributed by atoms with Crippen LogP contribution in [0.5, 0.6) is 0 Å². The van der Waals surface area contributed by atoms with Crippen molar-refractivity contribution in [3.05, 3.63) is 40.7 Å². The number of anilines is 2. The van der Waals surface area contributed by atoms with Gasteiger partial charge in [-0.25, -0.2) is 0 Å². The number of rotatable bonds is 4. The van der Waals surface area contributed by atoms with E-state index in [0.717, 1.165) is 29.2 Å². The largest absolute Gasteiger partial charge is 0.378 e.